The predicted molar refractivity (Wildman–Crippen MR) is 86.8 cm³/mol. The Morgan fingerprint density at radius 2 is 2.25 bits per heavy atom. The number of alkyl halides is 1. The topological polar surface area (TPSA) is 38.3 Å². The van der Waals surface area contributed by atoms with Crippen LogP contribution in [0, 0.1) is 0 Å². The first-order valence-electron chi connectivity index (χ1n) is 6.70. The Hall–Kier alpha value is -0.740. The van der Waals surface area contributed by atoms with E-state index in [9.17, 15) is 4.79 Å². The molecule has 0 saturated heterocycles. The largest absolute Gasteiger partial charge is 0.481 e. The number of halogens is 2. The second-order valence-corrected chi connectivity index (χ2v) is 6.29. The van der Waals surface area contributed by atoms with Gasteiger partial charge in [-0.25, -0.2) is 0 Å². The summed E-state index contributed by atoms with van der Waals surface area (Å²) >= 11 is 9.31. The highest BCUT2D eigenvalue weighted by Gasteiger charge is 2.26. The summed E-state index contributed by atoms with van der Waals surface area (Å²) in [5, 5.41) is 4.49. The zero-order chi connectivity index (χ0) is 15.2. The molecule has 0 saturated carbocycles. The number of rotatable bonds is 7. The molecule has 2 unspecified atom stereocenters. The van der Waals surface area contributed by atoms with Crippen LogP contribution in [0.3, 0.4) is 0 Å². The lowest BCUT2D eigenvalue weighted by molar-refractivity contribution is -0.129. The normalized spacial score (nSPS) is 15.2. The van der Waals surface area contributed by atoms with Crippen molar-refractivity contribution in [2.45, 2.75) is 45.3 Å². The fourth-order valence-corrected chi connectivity index (χ4v) is 2.79. The van der Waals surface area contributed by atoms with Gasteiger partial charge in [-0.1, -0.05) is 40.5 Å². The number of carbonyl (C=O) groups excluding carboxylic acids is 1. The van der Waals surface area contributed by atoms with Crippen molar-refractivity contribution in [2.75, 3.05) is 5.33 Å². The fraction of sp³-hybridized carbons (Fsp3) is 0.533. The summed E-state index contributed by atoms with van der Waals surface area (Å²) in [6, 6.07) is 7.04. The van der Waals surface area contributed by atoms with Crippen LogP contribution in [-0.4, -0.2) is 22.9 Å². The maximum Gasteiger partial charge on any atom is 0.261 e. The molecule has 1 aromatic carbocycles. The van der Waals surface area contributed by atoms with Crippen LogP contribution < -0.4 is 10.1 Å². The average Bonchev–Trinajstić information content (AvgIpc) is 2.38. The van der Waals surface area contributed by atoms with Crippen molar-refractivity contribution < 1.29 is 9.53 Å². The van der Waals surface area contributed by atoms with Crippen LogP contribution in [0.4, 0.5) is 0 Å². The van der Waals surface area contributed by atoms with Gasteiger partial charge in [-0.3, -0.25) is 4.79 Å². The van der Waals surface area contributed by atoms with Crippen molar-refractivity contribution in [3.05, 3.63) is 29.3 Å². The Labute approximate surface area is 134 Å². The minimum atomic E-state index is -0.560. The van der Waals surface area contributed by atoms with E-state index in [1.54, 1.807) is 31.2 Å². The third-order valence-electron chi connectivity index (χ3n) is 3.33. The Bertz CT molecular complexity index is 455. The zero-order valence-corrected chi connectivity index (χ0v) is 14.4. The van der Waals surface area contributed by atoms with Crippen LogP contribution in [0.15, 0.2) is 24.3 Å². The molecule has 1 amide bonds. The van der Waals surface area contributed by atoms with Crippen molar-refractivity contribution in [3.63, 3.8) is 0 Å². The molecular weight excluding hydrogens is 342 g/mol. The number of hydrogen-bond donors (Lipinski definition) is 1. The highest BCUT2D eigenvalue weighted by atomic mass is 79.9. The van der Waals surface area contributed by atoms with E-state index in [-0.39, 0.29) is 11.4 Å². The molecule has 0 bridgehead atoms. The highest BCUT2D eigenvalue weighted by molar-refractivity contribution is 9.09. The van der Waals surface area contributed by atoms with Gasteiger partial charge in [-0.05, 0) is 44.9 Å². The summed E-state index contributed by atoms with van der Waals surface area (Å²) in [5.41, 5.74) is -0.216. The first-order valence-corrected chi connectivity index (χ1v) is 8.20. The molecule has 0 heterocycles. The van der Waals surface area contributed by atoms with E-state index in [0.29, 0.717) is 10.8 Å². The van der Waals surface area contributed by atoms with Gasteiger partial charge >= 0.3 is 0 Å². The maximum atomic E-state index is 12.2. The van der Waals surface area contributed by atoms with Crippen molar-refractivity contribution >= 4 is 33.4 Å². The van der Waals surface area contributed by atoms with Crippen molar-refractivity contribution in [1.29, 1.82) is 0 Å². The fourth-order valence-electron chi connectivity index (χ4n) is 1.73. The van der Waals surface area contributed by atoms with Crippen LogP contribution in [0.25, 0.3) is 0 Å². The summed E-state index contributed by atoms with van der Waals surface area (Å²) in [6.07, 6.45) is 1.18. The minimum absolute atomic E-state index is 0.115. The number of nitrogens with one attached hydrogen (secondary N) is 1. The molecule has 0 radical (unpaired) electrons. The van der Waals surface area contributed by atoms with Gasteiger partial charge in [0.15, 0.2) is 6.10 Å². The lowest BCUT2D eigenvalue weighted by Gasteiger charge is -2.30. The van der Waals surface area contributed by atoms with Crippen LogP contribution >= 0.6 is 27.5 Å². The summed E-state index contributed by atoms with van der Waals surface area (Å²) in [4.78, 5) is 12.2. The zero-order valence-electron chi connectivity index (χ0n) is 12.1. The first-order chi connectivity index (χ1) is 9.40. The monoisotopic (exact) mass is 361 g/mol. The average molecular weight is 363 g/mol. The minimum Gasteiger partial charge on any atom is -0.481 e. The van der Waals surface area contributed by atoms with Crippen LogP contribution in [-0.2, 0) is 4.79 Å². The molecule has 0 aliphatic rings. The number of carbonyl (C=O) groups is 1. The van der Waals surface area contributed by atoms with Crippen molar-refractivity contribution in [3.8, 4) is 5.75 Å². The van der Waals surface area contributed by atoms with Gasteiger partial charge in [-0.15, -0.1) is 0 Å². The lowest BCUT2D eigenvalue weighted by Crippen LogP contribution is -2.50. The van der Waals surface area contributed by atoms with E-state index >= 15 is 0 Å². The van der Waals surface area contributed by atoms with E-state index in [1.807, 2.05) is 6.92 Å². The third kappa shape index (κ3) is 5.33. The molecule has 20 heavy (non-hydrogen) atoms. The summed E-state index contributed by atoms with van der Waals surface area (Å²) < 4.78 is 5.62. The third-order valence-corrected chi connectivity index (χ3v) is 3.96. The molecule has 0 fully saturated rings. The Morgan fingerprint density at radius 1 is 1.55 bits per heavy atom. The van der Waals surface area contributed by atoms with Crippen LogP contribution in [0.2, 0.25) is 5.02 Å². The summed E-state index contributed by atoms with van der Waals surface area (Å²) in [5.74, 6) is 0.481. The number of ether oxygens (including phenoxy) is 1. The molecule has 0 aromatic heterocycles. The van der Waals surface area contributed by atoms with E-state index < -0.39 is 6.10 Å². The molecule has 0 aliphatic carbocycles. The molecule has 0 aliphatic heterocycles. The van der Waals surface area contributed by atoms with Gasteiger partial charge in [0.2, 0.25) is 0 Å². The van der Waals surface area contributed by atoms with E-state index in [1.165, 1.54) is 0 Å². The van der Waals surface area contributed by atoms with E-state index in [4.69, 9.17) is 16.3 Å². The number of amides is 1. The van der Waals surface area contributed by atoms with Gasteiger partial charge in [0.25, 0.3) is 5.91 Å². The molecule has 1 aromatic rings. The van der Waals surface area contributed by atoms with E-state index in [2.05, 4.69) is 28.2 Å². The first kappa shape index (κ1) is 17.3. The second kappa shape index (κ2) is 7.89. The summed E-state index contributed by atoms with van der Waals surface area (Å²) in [6.45, 7) is 5.84. The molecule has 1 N–H and O–H groups in total. The van der Waals surface area contributed by atoms with Gasteiger partial charge in [0, 0.05) is 15.9 Å². The Balaban J connectivity index is 2.63. The molecule has 1 rings (SSSR count). The van der Waals surface area contributed by atoms with E-state index in [0.717, 1.165) is 18.2 Å². The Kier molecular flexibility index (Phi) is 6.83. The smallest absolute Gasteiger partial charge is 0.261 e. The molecule has 2 atom stereocenters. The molecule has 3 nitrogen and oxygen atoms in total. The molecule has 0 spiro atoms. The SMILES string of the molecule is CCC(C)(CCBr)NC(=O)C(C)Oc1cccc(Cl)c1. The van der Waals surface area contributed by atoms with Crippen molar-refractivity contribution in [1.82, 2.24) is 5.32 Å². The quantitative estimate of drug-likeness (QED) is 0.739. The van der Waals surface area contributed by atoms with Gasteiger partial charge in [0.05, 0.1) is 0 Å². The van der Waals surface area contributed by atoms with Crippen LogP contribution in [0.5, 0.6) is 5.75 Å². The van der Waals surface area contributed by atoms with Gasteiger partial charge < -0.3 is 10.1 Å². The molecular formula is C15H21BrClNO2. The molecule has 5 heteroatoms. The maximum absolute atomic E-state index is 12.2. The lowest BCUT2D eigenvalue weighted by atomic mass is 9.95. The second-order valence-electron chi connectivity index (χ2n) is 5.06. The van der Waals surface area contributed by atoms with Gasteiger partial charge in [0.1, 0.15) is 5.75 Å². The van der Waals surface area contributed by atoms with Gasteiger partial charge in [-0.2, -0.15) is 0 Å². The highest BCUT2D eigenvalue weighted by Crippen LogP contribution is 2.20. The summed E-state index contributed by atoms with van der Waals surface area (Å²) in [7, 11) is 0. The molecule has 112 valence electrons. The van der Waals surface area contributed by atoms with Crippen molar-refractivity contribution in [2.24, 2.45) is 0 Å². The van der Waals surface area contributed by atoms with Crippen LogP contribution in [0.1, 0.15) is 33.6 Å². The number of hydrogen-bond acceptors (Lipinski definition) is 2. The predicted octanol–water partition coefficient (Wildman–Crippen LogP) is 4.18. The standard InChI is InChI=1S/C15H21BrClNO2/c1-4-15(3,8-9-16)18-14(19)11(2)20-13-7-5-6-12(17)10-13/h5-7,10-11H,4,8-9H2,1-3H3,(H,18,19). The Morgan fingerprint density at radius 3 is 2.80 bits per heavy atom. The number of benzene rings is 1.